The van der Waals surface area contributed by atoms with E-state index in [0.717, 1.165) is 6.21 Å². The van der Waals surface area contributed by atoms with Crippen molar-refractivity contribution in [1.82, 2.24) is 0 Å². The second-order valence-electron chi connectivity index (χ2n) is 2.74. The first-order valence-corrected chi connectivity index (χ1v) is 5.08. The maximum Gasteiger partial charge on any atom is 0.270 e. The van der Waals surface area contributed by atoms with E-state index in [1.165, 1.54) is 0 Å². The Morgan fingerprint density at radius 2 is 2.31 bits per heavy atom. The number of thiol groups is 1. The highest BCUT2D eigenvalue weighted by molar-refractivity contribution is 7.80. The Bertz CT molecular complexity index is 461. The summed E-state index contributed by atoms with van der Waals surface area (Å²) in [6.07, 6.45) is 0.781. The Hall–Kier alpha value is -1.93. The van der Waals surface area contributed by atoms with Gasteiger partial charge in [0.2, 0.25) is 0 Å². The van der Waals surface area contributed by atoms with Crippen LogP contribution in [0.1, 0.15) is 5.56 Å². The molecule has 1 aromatic rings. The van der Waals surface area contributed by atoms with Gasteiger partial charge in [-0.1, -0.05) is 29.1 Å². The molecule has 0 saturated heterocycles. The monoisotopic (exact) mass is 234 g/mol. The summed E-state index contributed by atoms with van der Waals surface area (Å²) in [5, 5.41) is 13.4. The van der Waals surface area contributed by atoms with Gasteiger partial charge in [0.1, 0.15) is 6.21 Å². The zero-order valence-electron chi connectivity index (χ0n) is 8.34. The minimum atomic E-state index is -0.511. The molecule has 1 rings (SSSR count). The van der Waals surface area contributed by atoms with Crippen molar-refractivity contribution >= 4 is 30.4 Å². The smallest absolute Gasteiger partial charge is 0.270 e. The normalized spacial score (nSPS) is 9.56. The largest absolute Gasteiger partial charge is 0.411 e. The first-order valence-electron chi connectivity index (χ1n) is 4.45. The molecule has 0 unspecified atom stereocenters. The minimum absolute atomic E-state index is 0.445. The van der Waals surface area contributed by atoms with Crippen LogP contribution in [-0.4, -0.2) is 23.1 Å². The Kier molecular flexibility index (Phi) is 4.96. The van der Waals surface area contributed by atoms with Crippen molar-refractivity contribution in [3.8, 4) is 11.8 Å². The quantitative estimate of drug-likeness (QED) is 0.238. The van der Waals surface area contributed by atoms with Crippen molar-refractivity contribution in [2.75, 3.05) is 11.1 Å². The van der Waals surface area contributed by atoms with Gasteiger partial charge in [0.15, 0.2) is 0 Å². The highest BCUT2D eigenvalue weighted by atomic mass is 32.1. The molecule has 5 heteroatoms. The summed E-state index contributed by atoms with van der Waals surface area (Å²) in [7, 11) is 0. The molecular weight excluding hydrogens is 224 g/mol. The zero-order chi connectivity index (χ0) is 11.8. The molecule has 0 heterocycles. The first kappa shape index (κ1) is 12.1. The number of para-hydroxylation sites is 1. The first-order chi connectivity index (χ1) is 7.77. The lowest BCUT2D eigenvalue weighted by Crippen LogP contribution is -2.13. The lowest BCUT2D eigenvalue weighted by Gasteiger charge is -2.03. The van der Waals surface area contributed by atoms with E-state index in [1.54, 1.807) is 18.2 Å². The van der Waals surface area contributed by atoms with Gasteiger partial charge < -0.3 is 10.5 Å². The molecule has 0 aliphatic rings. The number of nitrogens with one attached hydrogen (secondary N) is 1. The van der Waals surface area contributed by atoms with Crippen LogP contribution in [0.2, 0.25) is 0 Å². The van der Waals surface area contributed by atoms with Crippen molar-refractivity contribution in [2.45, 2.75) is 0 Å². The number of benzene rings is 1. The van der Waals surface area contributed by atoms with Crippen LogP contribution >= 0.6 is 12.6 Å². The Balaban J connectivity index is 2.91. The Morgan fingerprint density at radius 3 is 3.00 bits per heavy atom. The van der Waals surface area contributed by atoms with Crippen LogP contribution in [-0.2, 0) is 4.79 Å². The number of hydrogen-bond donors (Lipinski definition) is 3. The molecule has 82 valence electrons. The van der Waals surface area contributed by atoms with E-state index < -0.39 is 5.91 Å². The predicted octanol–water partition coefficient (Wildman–Crippen LogP) is 1.37. The summed E-state index contributed by atoms with van der Waals surface area (Å²) in [6.45, 7) is 0. The van der Waals surface area contributed by atoms with E-state index in [-0.39, 0.29) is 0 Å². The summed E-state index contributed by atoms with van der Waals surface area (Å²) >= 11 is 3.97. The van der Waals surface area contributed by atoms with Gasteiger partial charge in [-0.2, -0.15) is 12.6 Å². The van der Waals surface area contributed by atoms with Gasteiger partial charge in [0, 0.05) is 5.56 Å². The van der Waals surface area contributed by atoms with Gasteiger partial charge in [-0.3, -0.25) is 4.79 Å². The number of nitrogens with zero attached hydrogens (tertiary/aromatic N) is 1. The van der Waals surface area contributed by atoms with Crippen LogP contribution in [0, 0.1) is 11.8 Å². The molecule has 16 heavy (non-hydrogen) atoms. The summed E-state index contributed by atoms with van der Waals surface area (Å²) in [6, 6.07) is 7.09. The van der Waals surface area contributed by atoms with E-state index in [1.807, 2.05) is 6.07 Å². The van der Waals surface area contributed by atoms with Crippen LogP contribution < -0.4 is 5.32 Å². The highest BCUT2D eigenvalue weighted by Crippen LogP contribution is 2.13. The average molecular weight is 234 g/mol. The fourth-order valence-electron chi connectivity index (χ4n) is 1.05. The third-order valence-electron chi connectivity index (χ3n) is 1.66. The molecule has 0 spiro atoms. The molecule has 4 nitrogen and oxygen atoms in total. The summed E-state index contributed by atoms with van der Waals surface area (Å²) < 4.78 is 0. The lowest BCUT2D eigenvalue weighted by atomic mass is 10.2. The predicted molar refractivity (Wildman–Crippen MR) is 66.1 cm³/mol. The van der Waals surface area contributed by atoms with E-state index in [9.17, 15) is 4.79 Å². The second-order valence-corrected chi connectivity index (χ2v) is 3.06. The van der Waals surface area contributed by atoms with E-state index in [2.05, 4.69) is 34.9 Å². The SMILES string of the molecule is O=C(C=NO)Nc1ccccc1C#CCS. The van der Waals surface area contributed by atoms with E-state index in [4.69, 9.17) is 5.21 Å². The van der Waals surface area contributed by atoms with Gasteiger partial charge in [0.05, 0.1) is 11.4 Å². The highest BCUT2D eigenvalue weighted by Gasteiger charge is 2.02. The van der Waals surface area contributed by atoms with Crippen molar-refractivity contribution < 1.29 is 10.0 Å². The molecule has 0 radical (unpaired) electrons. The van der Waals surface area contributed by atoms with Crippen molar-refractivity contribution in [3.05, 3.63) is 29.8 Å². The molecule has 0 aromatic heterocycles. The zero-order valence-corrected chi connectivity index (χ0v) is 9.24. The fourth-order valence-corrected chi connectivity index (χ4v) is 1.13. The van der Waals surface area contributed by atoms with E-state index >= 15 is 0 Å². The Morgan fingerprint density at radius 1 is 1.56 bits per heavy atom. The topological polar surface area (TPSA) is 61.7 Å². The van der Waals surface area contributed by atoms with Crippen LogP contribution in [0.3, 0.4) is 0 Å². The van der Waals surface area contributed by atoms with Crippen molar-refractivity contribution in [2.24, 2.45) is 5.16 Å². The number of oxime groups is 1. The van der Waals surface area contributed by atoms with Gasteiger partial charge in [-0.15, -0.1) is 0 Å². The molecule has 1 amide bonds. The third kappa shape index (κ3) is 3.67. The third-order valence-corrected chi connectivity index (χ3v) is 1.82. The van der Waals surface area contributed by atoms with Crippen LogP contribution in [0.5, 0.6) is 0 Å². The molecule has 0 fully saturated rings. The Labute approximate surface area is 98.8 Å². The maximum atomic E-state index is 11.2. The van der Waals surface area contributed by atoms with Crippen molar-refractivity contribution in [1.29, 1.82) is 0 Å². The average Bonchev–Trinajstić information content (AvgIpc) is 2.28. The standard InChI is InChI=1S/C11H10N2O2S/c14-11(8-12-15)13-10-6-2-1-4-9(10)5-3-7-16/h1-2,4,6,8,15-16H,7H2,(H,13,14). The van der Waals surface area contributed by atoms with Gasteiger partial charge in [-0.05, 0) is 12.1 Å². The number of carbonyl (C=O) groups excluding carboxylic acids is 1. The molecule has 0 atom stereocenters. The van der Waals surface area contributed by atoms with Crippen molar-refractivity contribution in [3.63, 3.8) is 0 Å². The maximum absolute atomic E-state index is 11.2. The molecule has 2 N–H and O–H groups in total. The molecule has 0 aliphatic carbocycles. The number of rotatable bonds is 2. The summed E-state index contributed by atoms with van der Waals surface area (Å²) in [5.41, 5.74) is 1.26. The number of anilines is 1. The van der Waals surface area contributed by atoms with Gasteiger partial charge in [-0.25, -0.2) is 0 Å². The lowest BCUT2D eigenvalue weighted by molar-refractivity contribution is -0.110. The molecular formula is C11H10N2O2S. The second kappa shape index (κ2) is 6.53. The van der Waals surface area contributed by atoms with Crippen LogP contribution in [0.15, 0.2) is 29.4 Å². The minimum Gasteiger partial charge on any atom is -0.411 e. The van der Waals surface area contributed by atoms with Crippen LogP contribution in [0.25, 0.3) is 0 Å². The number of carbonyl (C=O) groups is 1. The van der Waals surface area contributed by atoms with Gasteiger partial charge >= 0.3 is 0 Å². The van der Waals surface area contributed by atoms with E-state index in [0.29, 0.717) is 17.0 Å². The van der Waals surface area contributed by atoms with Gasteiger partial charge in [0.25, 0.3) is 5.91 Å². The fraction of sp³-hybridized carbons (Fsp3) is 0.0909. The number of amides is 1. The molecule has 0 bridgehead atoms. The molecule has 0 saturated carbocycles. The molecule has 1 aromatic carbocycles. The summed E-state index contributed by atoms with van der Waals surface area (Å²) in [5.74, 6) is 5.59. The number of hydrogen-bond acceptors (Lipinski definition) is 4. The molecule has 0 aliphatic heterocycles. The summed E-state index contributed by atoms with van der Waals surface area (Å²) in [4.78, 5) is 11.2. The van der Waals surface area contributed by atoms with Crippen LogP contribution in [0.4, 0.5) is 5.69 Å².